The van der Waals surface area contributed by atoms with Crippen molar-refractivity contribution in [3.8, 4) is 0 Å². The fourth-order valence-corrected chi connectivity index (χ4v) is 4.36. The van der Waals surface area contributed by atoms with Crippen LogP contribution in [0.25, 0.3) is 10.8 Å². The third kappa shape index (κ3) is 3.11. The number of rotatable bonds is 4. The van der Waals surface area contributed by atoms with Crippen molar-refractivity contribution in [2.24, 2.45) is 7.05 Å². The zero-order chi connectivity index (χ0) is 19.9. The van der Waals surface area contributed by atoms with Crippen molar-refractivity contribution in [2.75, 3.05) is 0 Å². The summed E-state index contributed by atoms with van der Waals surface area (Å²) in [6.45, 7) is 2.18. The quantitative estimate of drug-likeness (QED) is 0.530. The Morgan fingerprint density at radius 1 is 1.00 bits per heavy atom. The molecular formula is C20H18N4O3S. The molecule has 28 heavy (non-hydrogen) atoms. The van der Waals surface area contributed by atoms with E-state index in [1.165, 1.54) is 29.1 Å². The Morgan fingerprint density at radius 2 is 1.75 bits per heavy atom. The Kier molecular flexibility index (Phi) is 4.35. The number of nitrogens with zero attached hydrogens (tertiary/aromatic N) is 4. The second-order valence-electron chi connectivity index (χ2n) is 6.57. The van der Waals surface area contributed by atoms with Gasteiger partial charge in [-0.2, -0.15) is 10.2 Å². The first-order valence-electron chi connectivity index (χ1n) is 8.66. The van der Waals surface area contributed by atoms with Crippen molar-refractivity contribution in [3.63, 3.8) is 0 Å². The van der Waals surface area contributed by atoms with Crippen molar-refractivity contribution < 1.29 is 8.42 Å². The van der Waals surface area contributed by atoms with Gasteiger partial charge in [0.1, 0.15) is 0 Å². The van der Waals surface area contributed by atoms with Gasteiger partial charge in [0, 0.05) is 18.1 Å². The molecule has 0 amide bonds. The van der Waals surface area contributed by atoms with E-state index < -0.39 is 9.84 Å². The summed E-state index contributed by atoms with van der Waals surface area (Å²) in [7, 11) is -1.82. The molecule has 4 aromatic rings. The summed E-state index contributed by atoms with van der Waals surface area (Å²) in [6.07, 6.45) is 1.51. The summed E-state index contributed by atoms with van der Waals surface area (Å²) in [5, 5.41) is 9.43. The molecular weight excluding hydrogens is 376 g/mol. The molecule has 0 aliphatic heterocycles. The molecule has 0 saturated heterocycles. The lowest BCUT2D eigenvalue weighted by atomic mass is 10.2. The van der Waals surface area contributed by atoms with Crippen LogP contribution in [0.3, 0.4) is 0 Å². The fraction of sp³-hybridized carbons (Fsp3) is 0.150. The van der Waals surface area contributed by atoms with Crippen molar-refractivity contribution in [1.82, 2.24) is 19.6 Å². The van der Waals surface area contributed by atoms with Crippen LogP contribution < -0.4 is 5.56 Å². The molecule has 0 fully saturated rings. The highest BCUT2D eigenvalue weighted by Gasteiger charge is 2.18. The van der Waals surface area contributed by atoms with E-state index >= 15 is 0 Å². The number of benzene rings is 2. The largest absolute Gasteiger partial charge is 0.274 e. The van der Waals surface area contributed by atoms with E-state index in [1.807, 2.05) is 20.0 Å². The predicted molar refractivity (Wildman–Crippen MR) is 105 cm³/mol. The highest BCUT2D eigenvalue weighted by molar-refractivity contribution is 7.91. The molecule has 4 rings (SSSR count). The Labute approximate surface area is 161 Å². The van der Waals surface area contributed by atoms with Crippen LogP contribution in [-0.4, -0.2) is 28.0 Å². The van der Waals surface area contributed by atoms with Gasteiger partial charge in [-0.1, -0.05) is 18.2 Å². The van der Waals surface area contributed by atoms with Gasteiger partial charge < -0.3 is 0 Å². The lowest BCUT2D eigenvalue weighted by molar-refractivity contribution is 0.596. The molecule has 7 nitrogen and oxygen atoms in total. The molecule has 8 heteroatoms. The highest BCUT2D eigenvalue weighted by atomic mass is 32.2. The highest BCUT2D eigenvalue weighted by Crippen LogP contribution is 2.23. The number of fused-ring (bicyclic) bond motifs is 1. The van der Waals surface area contributed by atoms with Gasteiger partial charge in [-0.3, -0.25) is 9.48 Å². The number of sulfone groups is 1. The van der Waals surface area contributed by atoms with Crippen LogP contribution in [0.15, 0.2) is 75.4 Å². The van der Waals surface area contributed by atoms with E-state index in [0.717, 1.165) is 11.4 Å². The topological polar surface area (TPSA) is 86.8 Å². The minimum Gasteiger partial charge on any atom is -0.273 e. The molecule has 0 atom stereocenters. The standard InChI is InChI=1S/C20H18N4O3S/c1-14-10-16(22-23(14)2)13-24-20(25)19-9-8-18(11-15(19)12-21-24)28(26,27)17-6-4-3-5-7-17/h3-12H,13H2,1-2H3. The lowest BCUT2D eigenvalue weighted by Gasteiger charge is -2.07. The van der Waals surface area contributed by atoms with E-state index in [0.29, 0.717) is 10.8 Å². The second-order valence-corrected chi connectivity index (χ2v) is 8.52. The third-order valence-corrected chi connectivity index (χ3v) is 6.43. The molecule has 0 radical (unpaired) electrons. The molecule has 2 aromatic heterocycles. The van der Waals surface area contributed by atoms with Crippen molar-refractivity contribution in [1.29, 1.82) is 0 Å². The molecule has 2 heterocycles. The van der Waals surface area contributed by atoms with Gasteiger partial charge in [-0.15, -0.1) is 0 Å². The number of aryl methyl sites for hydroxylation is 2. The van der Waals surface area contributed by atoms with Crippen molar-refractivity contribution in [3.05, 3.63) is 82.5 Å². The number of hydrogen-bond acceptors (Lipinski definition) is 5. The zero-order valence-electron chi connectivity index (χ0n) is 15.4. The predicted octanol–water partition coefficient (Wildman–Crippen LogP) is 2.32. The van der Waals surface area contributed by atoms with Gasteiger partial charge >= 0.3 is 0 Å². The van der Waals surface area contributed by atoms with Crippen LogP contribution >= 0.6 is 0 Å². The molecule has 0 aliphatic carbocycles. The molecule has 0 saturated carbocycles. The average molecular weight is 394 g/mol. The van der Waals surface area contributed by atoms with Gasteiger partial charge in [0.05, 0.1) is 33.6 Å². The maximum absolute atomic E-state index is 12.8. The van der Waals surface area contributed by atoms with Gasteiger partial charge in [-0.05, 0) is 43.3 Å². The van der Waals surface area contributed by atoms with E-state index in [9.17, 15) is 13.2 Å². The molecule has 0 bridgehead atoms. The normalized spacial score (nSPS) is 11.8. The van der Waals surface area contributed by atoms with Gasteiger partial charge in [-0.25, -0.2) is 13.1 Å². The maximum Gasteiger partial charge on any atom is 0.274 e. The maximum atomic E-state index is 12.8. The van der Waals surface area contributed by atoms with Crippen LogP contribution in [0.2, 0.25) is 0 Å². The van der Waals surface area contributed by atoms with Gasteiger partial charge in [0.25, 0.3) is 5.56 Å². The van der Waals surface area contributed by atoms with Crippen LogP contribution in [0.5, 0.6) is 0 Å². The smallest absolute Gasteiger partial charge is 0.273 e. The minimum absolute atomic E-state index is 0.130. The number of hydrogen-bond donors (Lipinski definition) is 0. The minimum atomic E-state index is -3.65. The van der Waals surface area contributed by atoms with Crippen molar-refractivity contribution in [2.45, 2.75) is 23.3 Å². The van der Waals surface area contributed by atoms with Crippen LogP contribution in [0.4, 0.5) is 0 Å². The van der Waals surface area contributed by atoms with Gasteiger partial charge in [0.2, 0.25) is 9.84 Å². The summed E-state index contributed by atoms with van der Waals surface area (Å²) in [5.74, 6) is 0. The summed E-state index contributed by atoms with van der Waals surface area (Å²) < 4.78 is 28.6. The van der Waals surface area contributed by atoms with Crippen LogP contribution in [0.1, 0.15) is 11.4 Å². The molecule has 142 valence electrons. The van der Waals surface area contributed by atoms with Gasteiger partial charge in [0.15, 0.2) is 0 Å². The van der Waals surface area contributed by atoms with Crippen LogP contribution in [-0.2, 0) is 23.4 Å². The fourth-order valence-electron chi connectivity index (χ4n) is 3.05. The first-order chi connectivity index (χ1) is 13.4. The van der Waals surface area contributed by atoms with E-state index in [-0.39, 0.29) is 21.9 Å². The zero-order valence-corrected chi connectivity index (χ0v) is 16.2. The molecule has 0 N–H and O–H groups in total. The second kappa shape index (κ2) is 6.72. The Balaban J connectivity index is 1.75. The monoisotopic (exact) mass is 394 g/mol. The molecule has 0 spiro atoms. The van der Waals surface area contributed by atoms with E-state index in [4.69, 9.17) is 0 Å². The SMILES string of the molecule is Cc1cc(Cn2ncc3cc(S(=O)(=O)c4ccccc4)ccc3c2=O)nn1C. The third-order valence-electron chi connectivity index (χ3n) is 4.66. The molecule has 0 aliphatic rings. The Morgan fingerprint density at radius 3 is 2.43 bits per heavy atom. The lowest BCUT2D eigenvalue weighted by Crippen LogP contribution is -2.23. The van der Waals surface area contributed by atoms with Crippen molar-refractivity contribution >= 4 is 20.6 Å². The first kappa shape index (κ1) is 18.1. The van der Waals surface area contributed by atoms with E-state index in [1.54, 1.807) is 35.0 Å². The Hall–Kier alpha value is -3.26. The summed E-state index contributed by atoms with van der Waals surface area (Å²) in [6, 6.07) is 14.6. The Bertz CT molecular complexity index is 1320. The van der Waals surface area contributed by atoms with E-state index in [2.05, 4.69) is 10.2 Å². The summed E-state index contributed by atoms with van der Waals surface area (Å²) in [5.41, 5.74) is 1.43. The summed E-state index contributed by atoms with van der Waals surface area (Å²) >= 11 is 0. The number of aromatic nitrogens is 4. The first-order valence-corrected chi connectivity index (χ1v) is 10.1. The summed E-state index contributed by atoms with van der Waals surface area (Å²) in [4.78, 5) is 13.1. The molecule has 0 unspecified atom stereocenters. The van der Waals surface area contributed by atoms with Crippen LogP contribution in [0, 0.1) is 6.92 Å². The average Bonchev–Trinajstić information content (AvgIpc) is 3.01. The molecule has 2 aromatic carbocycles.